The Labute approximate surface area is 403 Å². The highest BCUT2D eigenvalue weighted by molar-refractivity contribution is 6.26. The molecule has 70 heavy (non-hydrogen) atoms. The minimum atomic E-state index is 0.640. The van der Waals surface area contributed by atoms with Gasteiger partial charge in [-0.1, -0.05) is 194 Å². The highest BCUT2D eigenvalue weighted by Crippen LogP contribution is 2.44. The lowest BCUT2D eigenvalue weighted by Crippen LogP contribution is -2.00. The molecule has 0 aliphatic heterocycles. The van der Waals surface area contributed by atoms with Gasteiger partial charge in [0.2, 0.25) is 0 Å². The number of hydrogen-bond acceptors (Lipinski definition) is 3. The first kappa shape index (κ1) is 39.7. The SMILES string of the molecule is c1ccc(-c2nc(-c3ccccc3)nc(-c3ccc(-c4ccc(-n5c6ccc(-c7cc8c(c9ccccc79)c7ccccc7n8-c7ccccc7)cc6c6c7ccccc7ccc65)cc4)cc3)n2)cc1. The van der Waals surface area contributed by atoms with E-state index in [-0.39, 0.29) is 0 Å². The second-order valence-corrected chi connectivity index (χ2v) is 18.0. The van der Waals surface area contributed by atoms with E-state index in [4.69, 9.17) is 15.0 Å². The predicted molar refractivity (Wildman–Crippen MR) is 291 cm³/mol. The summed E-state index contributed by atoms with van der Waals surface area (Å²) in [5.41, 5.74) is 14.5. The Balaban J connectivity index is 0.884. The van der Waals surface area contributed by atoms with Gasteiger partial charge in [-0.2, -0.15) is 0 Å². The van der Waals surface area contributed by atoms with Gasteiger partial charge in [-0.15, -0.1) is 0 Å². The molecule has 0 aliphatic carbocycles. The summed E-state index contributed by atoms with van der Waals surface area (Å²) in [7, 11) is 0. The van der Waals surface area contributed by atoms with E-state index in [1.165, 1.54) is 70.8 Å². The van der Waals surface area contributed by atoms with Gasteiger partial charge in [0, 0.05) is 49.6 Å². The third-order valence-electron chi connectivity index (χ3n) is 14.0. The lowest BCUT2D eigenvalue weighted by molar-refractivity contribution is 1.07. The second kappa shape index (κ2) is 16.1. The third-order valence-corrected chi connectivity index (χ3v) is 14.0. The third kappa shape index (κ3) is 6.44. The first-order valence-corrected chi connectivity index (χ1v) is 23.8. The Bertz CT molecular complexity index is 4250. The smallest absolute Gasteiger partial charge is 0.164 e. The molecule has 0 bridgehead atoms. The number of benzene rings is 11. The Kier molecular flexibility index (Phi) is 9.14. The summed E-state index contributed by atoms with van der Waals surface area (Å²) in [5.74, 6) is 1.94. The Hall–Kier alpha value is -9.45. The quantitative estimate of drug-likeness (QED) is 0.160. The van der Waals surface area contributed by atoms with Gasteiger partial charge >= 0.3 is 0 Å². The van der Waals surface area contributed by atoms with Crippen LogP contribution < -0.4 is 0 Å². The van der Waals surface area contributed by atoms with E-state index in [1.807, 2.05) is 60.7 Å². The molecule has 0 fully saturated rings. The van der Waals surface area contributed by atoms with Gasteiger partial charge in [-0.25, -0.2) is 15.0 Å². The molecule has 5 heteroatoms. The van der Waals surface area contributed by atoms with E-state index in [1.54, 1.807) is 0 Å². The molecule has 0 amide bonds. The topological polar surface area (TPSA) is 48.5 Å². The van der Waals surface area contributed by atoms with Crippen LogP contribution in [-0.4, -0.2) is 24.1 Å². The fourth-order valence-electron chi connectivity index (χ4n) is 10.7. The molecule has 0 spiro atoms. The van der Waals surface area contributed by atoms with Gasteiger partial charge in [-0.3, -0.25) is 0 Å². The number of fused-ring (bicyclic) bond motifs is 10. The van der Waals surface area contributed by atoms with Crippen LogP contribution >= 0.6 is 0 Å². The zero-order valence-corrected chi connectivity index (χ0v) is 37.9. The summed E-state index contributed by atoms with van der Waals surface area (Å²) in [5, 5.41) is 9.97. The van der Waals surface area contributed by atoms with Crippen molar-refractivity contribution < 1.29 is 0 Å². The van der Waals surface area contributed by atoms with Gasteiger partial charge in [0.05, 0.1) is 22.1 Å². The van der Waals surface area contributed by atoms with E-state index in [9.17, 15) is 0 Å². The van der Waals surface area contributed by atoms with Crippen LogP contribution in [0.25, 0.3) is 133 Å². The minimum Gasteiger partial charge on any atom is -0.309 e. The van der Waals surface area contributed by atoms with Gasteiger partial charge in [0.25, 0.3) is 0 Å². The van der Waals surface area contributed by atoms with Crippen LogP contribution in [0.3, 0.4) is 0 Å². The monoisotopic (exact) mass is 891 g/mol. The summed E-state index contributed by atoms with van der Waals surface area (Å²) in [6, 6.07) is 89.0. The highest BCUT2D eigenvalue weighted by Gasteiger charge is 2.21. The van der Waals surface area contributed by atoms with E-state index in [2.05, 4.69) is 197 Å². The zero-order chi connectivity index (χ0) is 46.1. The van der Waals surface area contributed by atoms with E-state index in [0.29, 0.717) is 17.5 Å². The molecule has 11 aromatic carbocycles. The molecule has 0 N–H and O–H groups in total. The highest BCUT2D eigenvalue weighted by atomic mass is 15.0. The number of para-hydroxylation sites is 2. The summed E-state index contributed by atoms with van der Waals surface area (Å²) < 4.78 is 4.85. The molecule has 14 rings (SSSR count). The van der Waals surface area contributed by atoms with Crippen molar-refractivity contribution in [1.29, 1.82) is 0 Å². The first-order chi connectivity index (χ1) is 34.7. The first-order valence-electron chi connectivity index (χ1n) is 23.8. The number of aromatic nitrogens is 5. The van der Waals surface area contributed by atoms with Crippen molar-refractivity contribution in [2.24, 2.45) is 0 Å². The fraction of sp³-hybridized carbons (Fsp3) is 0. The fourth-order valence-corrected chi connectivity index (χ4v) is 10.7. The molecule has 3 aromatic heterocycles. The zero-order valence-electron chi connectivity index (χ0n) is 37.9. The van der Waals surface area contributed by atoms with Crippen LogP contribution in [0.2, 0.25) is 0 Å². The summed E-state index contributed by atoms with van der Waals surface area (Å²) in [6.45, 7) is 0. The maximum Gasteiger partial charge on any atom is 0.164 e. The van der Waals surface area contributed by atoms with E-state index >= 15 is 0 Å². The molecule has 0 radical (unpaired) electrons. The average molecular weight is 892 g/mol. The van der Waals surface area contributed by atoms with Crippen LogP contribution in [0.4, 0.5) is 0 Å². The Morgan fingerprint density at radius 1 is 0.243 bits per heavy atom. The molecular formula is C65H41N5. The molecule has 0 aliphatic rings. The van der Waals surface area contributed by atoms with Crippen LogP contribution in [0, 0.1) is 0 Å². The van der Waals surface area contributed by atoms with Crippen LogP contribution in [0.15, 0.2) is 249 Å². The van der Waals surface area contributed by atoms with Gasteiger partial charge in [-0.05, 0) is 98.4 Å². The number of rotatable bonds is 7. The predicted octanol–water partition coefficient (Wildman–Crippen LogP) is 16.7. The van der Waals surface area contributed by atoms with Crippen molar-refractivity contribution >= 4 is 65.2 Å². The van der Waals surface area contributed by atoms with Gasteiger partial charge in [0.15, 0.2) is 17.5 Å². The summed E-state index contributed by atoms with van der Waals surface area (Å²) in [4.78, 5) is 14.8. The molecule has 5 nitrogen and oxygen atoms in total. The van der Waals surface area contributed by atoms with Crippen molar-refractivity contribution in [2.75, 3.05) is 0 Å². The van der Waals surface area contributed by atoms with Crippen molar-refractivity contribution in [3.05, 3.63) is 249 Å². The lowest BCUT2D eigenvalue weighted by atomic mass is 9.93. The molecular weight excluding hydrogens is 851 g/mol. The van der Waals surface area contributed by atoms with E-state index in [0.717, 1.165) is 44.7 Å². The molecule has 326 valence electrons. The Morgan fingerprint density at radius 3 is 1.36 bits per heavy atom. The number of hydrogen-bond donors (Lipinski definition) is 0. The van der Waals surface area contributed by atoms with Crippen molar-refractivity contribution in [3.63, 3.8) is 0 Å². The lowest BCUT2D eigenvalue weighted by Gasteiger charge is -2.13. The Morgan fingerprint density at radius 2 is 0.686 bits per heavy atom. The molecule has 3 heterocycles. The maximum absolute atomic E-state index is 4.96. The number of nitrogens with zero attached hydrogens (tertiary/aromatic N) is 5. The molecule has 0 atom stereocenters. The normalized spacial score (nSPS) is 11.7. The summed E-state index contributed by atoms with van der Waals surface area (Å²) in [6.07, 6.45) is 0. The van der Waals surface area contributed by atoms with Gasteiger partial charge in [0.1, 0.15) is 0 Å². The van der Waals surface area contributed by atoms with Gasteiger partial charge < -0.3 is 9.13 Å². The standard InChI is InChI=1S/C65H41N5/c1-4-17-45(18-5-1)63-66-64(46-19-6-2-7-20-46)68-65(67-63)47-30-28-42(29-31-47)43-32-36-50(37-33-43)69-58-38-35-48(40-56(58)61-51-23-11-10-16-44(51)34-39-59(61)69)55-41-60-62(53-25-13-12-24-52(53)55)54-26-14-15-27-57(54)70(60)49-21-8-3-9-22-49/h1-41H. The van der Waals surface area contributed by atoms with Crippen LogP contribution in [-0.2, 0) is 0 Å². The largest absolute Gasteiger partial charge is 0.309 e. The average Bonchev–Trinajstić information content (AvgIpc) is 3.96. The molecule has 0 unspecified atom stereocenters. The second-order valence-electron chi connectivity index (χ2n) is 18.0. The van der Waals surface area contributed by atoms with Crippen LogP contribution in [0.5, 0.6) is 0 Å². The van der Waals surface area contributed by atoms with E-state index < -0.39 is 0 Å². The minimum absolute atomic E-state index is 0.640. The maximum atomic E-state index is 4.96. The van der Waals surface area contributed by atoms with Crippen molar-refractivity contribution in [2.45, 2.75) is 0 Å². The molecule has 0 saturated heterocycles. The van der Waals surface area contributed by atoms with Crippen molar-refractivity contribution in [1.82, 2.24) is 24.1 Å². The molecule has 0 saturated carbocycles. The molecule has 14 aromatic rings. The summed E-state index contributed by atoms with van der Waals surface area (Å²) >= 11 is 0. The van der Waals surface area contributed by atoms with Crippen molar-refractivity contribution in [3.8, 4) is 67.8 Å². The van der Waals surface area contributed by atoms with Crippen LogP contribution in [0.1, 0.15) is 0 Å².